The van der Waals surface area contributed by atoms with Crippen molar-refractivity contribution in [3.05, 3.63) is 40.7 Å². The van der Waals surface area contributed by atoms with Gasteiger partial charge in [0.2, 0.25) is 5.13 Å². The molecule has 0 unspecified atom stereocenters. The molecule has 1 aromatic carbocycles. The highest BCUT2D eigenvalue weighted by Crippen LogP contribution is 2.37. The smallest absolute Gasteiger partial charge is 0.208 e. The van der Waals surface area contributed by atoms with Gasteiger partial charge in [0.25, 0.3) is 0 Å². The van der Waals surface area contributed by atoms with Crippen molar-refractivity contribution in [2.75, 3.05) is 18.0 Å². The quantitative estimate of drug-likeness (QED) is 0.944. The predicted octanol–water partition coefficient (Wildman–Crippen LogP) is 2.51. The number of aliphatic hydroxyl groups is 1. The second-order valence-corrected chi connectivity index (χ2v) is 6.46. The maximum Gasteiger partial charge on any atom is 0.208 e. The Balaban J connectivity index is 1.72. The van der Waals surface area contributed by atoms with Crippen molar-refractivity contribution in [3.63, 3.8) is 0 Å². The van der Waals surface area contributed by atoms with Gasteiger partial charge in [-0.05, 0) is 17.7 Å². The molecule has 1 aliphatic heterocycles. The summed E-state index contributed by atoms with van der Waals surface area (Å²) < 4.78 is 12.9. The Morgan fingerprint density at radius 2 is 1.90 bits per heavy atom. The van der Waals surface area contributed by atoms with Gasteiger partial charge in [-0.3, -0.25) is 0 Å². The van der Waals surface area contributed by atoms with Gasteiger partial charge >= 0.3 is 0 Å². The van der Waals surface area contributed by atoms with Crippen LogP contribution in [0.15, 0.2) is 24.3 Å². The third kappa shape index (κ3) is 2.29. The van der Waals surface area contributed by atoms with Crippen LogP contribution < -0.4 is 4.90 Å². The van der Waals surface area contributed by atoms with Crippen LogP contribution in [0.2, 0.25) is 0 Å². The molecule has 106 valence electrons. The van der Waals surface area contributed by atoms with E-state index in [-0.39, 0.29) is 5.82 Å². The fraction of sp³-hybridized carbons (Fsp3) is 0.429. The summed E-state index contributed by atoms with van der Waals surface area (Å²) in [5.74, 6) is 0.0673. The highest BCUT2D eigenvalue weighted by Gasteiger charge is 2.44. The average Bonchev–Trinajstić information content (AvgIpc) is 2.85. The maximum absolute atomic E-state index is 12.9. The summed E-state index contributed by atoms with van der Waals surface area (Å²) in [6.07, 6.45) is 0. The SMILES string of the molecule is CC(C)c1nnc(N2CC(O)(c3ccc(F)cc3)C2)s1. The van der Waals surface area contributed by atoms with Crippen LogP contribution in [0.5, 0.6) is 0 Å². The molecule has 0 spiro atoms. The minimum Gasteiger partial charge on any atom is -0.381 e. The first-order valence-corrected chi connectivity index (χ1v) is 7.36. The van der Waals surface area contributed by atoms with Gasteiger partial charge in [-0.1, -0.05) is 37.3 Å². The molecule has 6 heteroatoms. The number of benzene rings is 1. The number of β-amino-alcohol motifs (C(OH)–C–C–N with tert-alkyl or cyclic N) is 1. The fourth-order valence-electron chi connectivity index (χ4n) is 2.25. The first-order chi connectivity index (χ1) is 9.48. The van der Waals surface area contributed by atoms with Gasteiger partial charge in [0.1, 0.15) is 16.4 Å². The Labute approximate surface area is 120 Å². The van der Waals surface area contributed by atoms with Crippen LogP contribution in [0, 0.1) is 5.82 Å². The molecule has 1 saturated heterocycles. The predicted molar refractivity (Wildman–Crippen MR) is 76.5 cm³/mol. The third-order valence-corrected chi connectivity index (χ3v) is 4.77. The average molecular weight is 293 g/mol. The Kier molecular flexibility index (Phi) is 3.22. The molecule has 0 amide bonds. The lowest BCUT2D eigenvalue weighted by Crippen LogP contribution is -2.59. The molecule has 0 saturated carbocycles. The van der Waals surface area contributed by atoms with Gasteiger partial charge < -0.3 is 10.0 Å². The van der Waals surface area contributed by atoms with Crippen molar-refractivity contribution in [2.45, 2.75) is 25.4 Å². The molecule has 1 N–H and O–H groups in total. The zero-order chi connectivity index (χ0) is 14.3. The van der Waals surface area contributed by atoms with Gasteiger partial charge in [-0.15, -0.1) is 10.2 Å². The van der Waals surface area contributed by atoms with Gasteiger partial charge in [0.15, 0.2) is 0 Å². The van der Waals surface area contributed by atoms with Crippen LogP contribution in [0.25, 0.3) is 0 Å². The molecule has 4 nitrogen and oxygen atoms in total. The molecular weight excluding hydrogens is 277 g/mol. The summed E-state index contributed by atoms with van der Waals surface area (Å²) in [6, 6.07) is 6.01. The highest BCUT2D eigenvalue weighted by molar-refractivity contribution is 7.15. The van der Waals surface area contributed by atoms with E-state index in [1.165, 1.54) is 12.1 Å². The van der Waals surface area contributed by atoms with E-state index in [0.717, 1.165) is 15.7 Å². The van der Waals surface area contributed by atoms with Crippen molar-refractivity contribution in [3.8, 4) is 0 Å². The maximum atomic E-state index is 12.9. The van der Waals surface area contributed by atoms with Gasteiger partial charge in [-0.2, -0.15) is 0 Å². The topological polar surface area (TPSA) is 49.2 Å². The Morgan fingerprint density at radius 3 is 2.45 bits per heavy atom. The van der Waals surface area contributed by atoms with Crippen LogP contribution in [-0.4, -0.2) is 28.4 Å². The van der Waals surface area contributed by atoms with E-state index in [0.29, 0.717) is 19.0 Å². The first kappa shape index (κ1) is 13.5. The lowest BCUT2D eigenvalue weighted by atomic mass is 9.86. The summed E-state index contributed by atoms with van der Waals surface area (Å²) in [7, 11) is 0. The van der Waals surface area contributed by atoms with E-state index >= 15 is 0 Å². The molecular formula is C14H16FN3OS. The molecule has 0 atom stereocenters. The molecule has 0 aliphatic carbocycles. The summed E-state index contributed by atoms with van der Waals surface area (Å²) in [5, 5.41) is 20.6. The van der Waals surface area contributed by atoms with Crippen molar-refractivity contribution < 1.29 is 9.50 Å². The van der Waals surface area contributed by atoms with E-state index in [2.05, 4.69) is 24.0 Å². The van der Waals surface area contributed by atoms with Crippen molar-refractivity contribution >= 4 is 16.5 Å². The summed E-state index contributed by atoms with van der Waals surface area (Å²) in [4.78, 5) is 1.99. The standard InChI is InChI=1S/C14H16FN3OS/c1-9(2)12-16-17-13(20-12)18-7-14(19,8-18)10-3-5-11(15)6-4-10/h3-6,9,19H,7-8H2,1-2H3. The van der Waals surface area contributed by atoms with Crippen LogP contribution in [-0.2, 0) is 5.60 Å². The van der Waals surface area contributed by atoms with Crippen LogP contribution in [0.4, 0.5) is 9.52 Å². The van der Waals surface area contributed by atoms with Crippen LogP contribution in [0.1, 0.15) is 30.3 Å². The molecule has 0 radical (unpaired) electrons. The van der Waals surface area contributed by atoms with E-state index in [4.69, 9.17) is 0 Å². The minimum absolute atomic E-state index is 0.292. The Hall–Kier alpha value is -1.53. The number of anilines is 1. The summed E-state index contributed by atoms with van der Waals surface area (Å²) >= 11 is 1.56. The summed E-state index contributed by atoms with van der Waals surface area (Å²) in [6.45, 7) is 5.08. The monoisotopic (exact) mass is 293 g/mol. The fourth-order valence-corrected chi connectivity index (χ4v) is 3.09. The molecule has 0 bridgehead atoms. The largest absolute Gasteiger partial charge is 0.381 e. The molecule has 1 aromatic heterocycles. The van der Waals surface area contributed by atoms with E-state index in [1.807, 2.05) is 4.90 Å². The molecule has 2 heterocycles. The van der Waals surface area contributed by atoms with E-state index in [1.54, 1.807) is 23.5 Å². The summed E-state index contributed by atoms with van der Waals surface area (Å²) in [5.41, 5.74) is -0.180. The molecule has 1 aliphatic rings. The first-order valence-electron chi connectivity index (χ1n) is 6.55. The normalized spacial score (nSPS) is 17.4. The number of aromatic nitrogens is 2. The highest BCUT2D eigenvalue weighted by atomic mass is 32.1. The third-order valence-electron chi connectivity index (χ3n) is 3.48. The Morgan fingerprint density at radius 1 is 1.25 bits per heavy atom. The van der Waals surface area contributed by atoms with Crippen LogP contribution >= 0.6 is 11.3 Å². The van der Waals surface area contributed by atoms with Gasteiger partial charge in [-0.25, -0.2) is 4.39 Å². The zero-order valence-electron chi connectivity index (χ0n) is 11.4. The van der Waals surface area contributed by atoms with Crippen LogP contribution in [0.3, 0.4) is 0 Å². The van der Waals surface area contributed by atoms with E-state index < -0.39 is 5.60 Å². The van der Waals surface area contributed by atoms with Crippen molar-refractivity contribution in [2.24, 2.45) is 0 Å². The van der Waals surface area contributed by atoms with Gasteiger partial charge in [0.05, 0.1) is 13.1 Å². The second kappa shape index (κ2) is 4.79. The lowest BCUT2D eigenvalue weighted by molar-refractivity contribution is 0.00740. The Bertz CT molecular complexity index is 605. The molecule has 1 fully saturated rings. The van der Waals surface area contributed by atoms with Gasteiger partial charge in [0, 0.05) is 5.92 Å². The molecule has 3 rings (SSSR count). The molecule has 2 aromatic rings. The molecule has 20 heavy (non-hydrogen) atoms. The number of rotatable bonds is 3. The van der Waals surface area contributed by atoms with E-state index in [9.17, 15) is 9.50 Å². The number of hydrogen-bond donors (Lipinski definition) is 1. The van der Waals surface area contributed by atoms with Crippen molar-refractivity contribution in [1.29, 1.82) is 0 Å². The lowest BCUT2D eigenvalue weighted by Gasteiger charge is -2.46. The number of hydrogen-bond acceptors (Lipinski definition) is 5. The van der Waals surface area contributed by atoms with Crippen molar-refractivity contribution in [1.82, 2.24) is 10.2 Å². The minimum atomic E-state index is -0.919. The zero-order valence-corrected chi connectivity index (χ0v) is 12.2. The second-order valence-electron chi connectivity index (χ2n) is 5.47. The number of halogens is 1. The number of nitrogens with zero attached hydrogens (tertiary/aromatic N) is 3.